The quantitative estimate of drug-likeness (QED) is 0.536. The Bertz CT molecular complexity index is 1010. The first-order valence-electron chi connectivity index (χ1n) is 9.30. The minimum Gasteiger partial charge on any atom is -0.493 e. The summed E-state index contributed by atoms with van der Waals surface area (Å²) in [6.07, 6.45) is 0.144. The van der Waals surface area contributed by atoms with Crippen LogP contribution in [0.1, 0.15) is 6.42 Å². The number of amides is 2. The van der Waals surface area contributed by atoms with Crippen LogP contribution >= 0.6 is 11.6 Å². The zero-order chi connectivity index (χ0) is 21.3. The largest absolute Gasteiger partial charge is 0.493 e. The van der Waals surface area contributed by atoms with E-state index >= 15 is 0 Å². The molecule has 0 aromatic heterocycles. The molecule has 0 saturated carbocycles. The fourth-order valence-electron chi connectivity index (χ4n) is 2.67. The van der Waals surface area contributed by atoms with E-state index in [0.29, 0.717) is 22.2 Å². The van der Waals surface area contributed by atoms with Crippen LogP contribution in [0.3, 0.4) is 0 Å². The first kappa shape index (κ1) is 21.2. The van der Waals surface area contributed by atoms with Crippen molar-refractivity contribution < 1.29 is 19.1 Å². The van der Waals surface area contributed by atoms with E-state index in [1.54, 1.807) is 36.4 Å². The maximum Gasteiger partial charge on any atom is 0.262 e. The Labute approximate surface area is 179 Å². The van der Waals surface area contributed by atoms with Gasteiger partial charge in [0.2, 0.25) is 5.91 Å². The number of anilines is 1. The summed E-state index contributed by atoms with van der Waals surface area (Å²) in [5.74, 6) is 0.273. The standard InChI is InChI=1S/C23H21ClN2O4/c24-20-14-17(16-4-2-1-3-5-16)6-11-21(20)30-15-23(28)26-18-7-9-19(10-8-18)29-13-12-22(25)27/h1-11,14H,12-13,15H2,(H2,25,27)(H,26,28). The maximum absolute atomic E-state index is 12.2. The van der Waals surface area contributed by atoms with E-state index in [9.17, 15) is 9.59 Å². The number of rotatable bonds is 9. The molecule has 6 nitrogen and oxygen atoms in total. The lowest BCUT2D eigenvalue weighted by molar-refractivity contribution is -0.119. The highest BCUT2D eigenvalue weighted by molar-refractivity contribution is 6.32. The Morgan fingerprint density at radius 3 is 2.30 bits per heavy atom. The number of carbonyl (C=O) groups excluding carboxylic acids is 2. The second-order valence-electron chi connectivity index (χ2n) is 6.44. The highest BCUT2D eigenvalue weighted by Gasteiger charge is 2.08. The molecule has 0 unspecified atom stereocenters. The number of nitrogens with one attached hydrogen (secondary N) is 1. The van der Waals surface area contributed by atoms with Gasteiger partial charge in [0.1, 0.15) is 11.5 Å². The molecule has 3 rings (SSSR count). The van der Waals surface area contributed by atoms with E-state index in [1.807, 2.05) is 36.4 Å². The van der Waals surface area contributed by atoms with Crippen molar-refractivity contribution in [3.63, 3.8) is 0 Å². The van der Waals surface area contributed by atoms with E-state index in [2.05, 4.69) is 5.32 Å². The molecule has 0 heterocycles. The molecule has 0 spiro atoms. The van der Waals surface area contributed by atoms with Crippen LogP contribution in [0.2, 0.25) is 5.02 Å². The predicted octanol–water partition coefficient (Wildman–Crippen LogP) is 4.28. The molecule has 7 heteroatoms. The number of nitrogens with two attached hydrogens (primary N) is 1. The Kier molecular flexibility index (Phi) is 7.29. The maximum atomic E-state index is 12.2. The summed E-state index contributed by atoms with van der Waals surface area (Å²) in [5, 5.41) is 3.17. The van der Waals surface area contributed by atoms with Crippen molar-refractivity contribution in [3.8, 4) is 22.6 Å². The molecule has 0 saturated heterocycles. The summed E-state index contributed by atoms with van der Waals surface area (Å²) < 4.78 is 10.9. The van der Waals surface area contributed by atoms with E-state index in [1.165, 1.54) is 0 Å². The van der Waals surface area contributed by atoms with Crippen LogP contribution in [0.15, 0.2) is 72.8 Å². The Morgan fingerprint density at radius 2 is 1.63 bits per heavy atom. The number of hydrogen-bond acceptors (Lipinski definition) is 4. The van der Waals surface area contributed by atoms with Gasteiger partial charge in [-0.15, -0.1) is 0 Å². The lowest BCUT2D eigenvalue weighted by Crippen LogP contribution is -2.20. The van der Waals surface area contributed by atoms with Gasteiger partial charge in [-0.05, 0) is 47.5 Å². The number of halogens is 1. The topological polar surface area (TPSA) is 90.7 Å². The van der Waals surface area contributed by atoms with E-state index in [0.717, 1.165) is 11.1 Å². The second-order valence-corrected chi connectivity index (χ2v) is 6.84. The summed E-state index contributed by atoms with van der Waals surface area (Å²) >= 11 is 6.30. The van der Waals surface area contributed by atoms with Crippen molar-refractivity contribution in [2.45, 2.75) is 6.42 Å². The molecule has 0 fully saturated rings. The molecule has 0 aliphatic rings. The molecular formula is C23H21ClN2O4. The Balaban J connectivity index is 1.50. The fourth-order valence-corrected chi connectivity index (χ4v) is 2.91. The van der Waals surface area contributed by atoms with E-state index in [4.69, 9.17) is 26.8 Å². The number of ether oxygens (including phenoxy) is 2. The molecule has 3 aromatic carbocycles. The minimum atomic E-state index is -0.423. The lowest BCUT2D eigenvalue weighted by atomic mass is 10.1. The highest BCUT2D eigenvalue weighted by Crippen LogP contribution is 2.30. The van der Waals surface area contributed by atoms with Crippen molar-refractivity contribution in [3.05, 3.63) is 77.8 Å². The molecule has 0 aliphatic heterocycles. The van der Waals surface area contributed by atoms with Gasteiger partial charge in [0.15, 0.2) is 6.61 Å². The zero-order valence-electron chi connectivity index (χ0n) is 16.1. The van der Waals surface area contributed by atoms with E-state index < -0.39 is 5.91 Å². The third kappa shape index (κ3) is 6.25. The predicted molar refractivity (Wildman–Crippen MR) is 117 cm³/mol. The molecule has 0 atom stereocenters. The SMILES string of the molecule is NC(=O)CCOc1ccc(NC(=O)COc2ccc(-c3ccccc3)cc2Cl)cc1. The fraction of sp³-hybridized carbons (Fsp3) is 0.130. The van der Waals surface area contributed by atoms with Crippen molar-refractivity contribution >= 4 is 29.1 Å². The number of carbonyl (C=O) groups is 2. The molecule has 3 N–H and O–H groups in total. The Morgan fingerprint density at radius 1 is 0.900 bits per heavy atom. The molecule has 0 bridgehead atoms. The average molecular weight is 425 g/mol. The third-order valence-corrected chi connectivity index (χ3v) is 4.45. The van der Waals surface area contributed by atoms with Crippen molar-refractivity contribution in [1.29, 1.82) is 0 Å². The van der Waals surface area contributed by atoms with Crippen LogP contribution in [0, 0.1) is 0 Å². The van der Waals surface area contributed by atoms with Crippen molar-refractivity contribution in [2.75, 3.05) is 18.5 Å². The monoisotopic (exact) mass is 424 g/mol. The molecule has 0 aliphatic carbocycles. The summed E-state index contributed by atoms with van der Waals surface area (Å²) in [7, 11) is 0. The van der Waals surface area contributed by atoms with Gasteiger partial charge < -0.3 is 20.5 Å². The summed E-state index contributed by atoms with van der Waals surface area (Å²) in [4.78, 5) is 22.9. The van der Waals surface area contributed by atoms with Gasteiger partial charge in [-0.3, -0.25) is 9.59 Å². The smallest absolute Gasteiger partial charge is 0.262 e. The van der Waals surface area contributed by atoms with Gasteiger partial charge >= 0.3 is 0 Å². The number of benzene rings is 3. The highest BCUT2D eigenvalue weighted by atomic mass is 35.5. The van der Waals surface area contributed by atoms with Gasteiger partial charge in [-0.2, -0.15) is 0 Å². The molecular weight excluding hydrogens is 404 g/mol. The van der Waals surface area contributed by atoms with Crippen LogP contribution in [-0.2, 0) is 9.59 Å². The van der Waals surface area contributed by atoms with Gasteiger partial charge in [0.05, 0.1) is 18.1 Å². The molecule has 30 heavy (non-hydrogen) atoms. The summed E-state index contributed by atoms with van der Waals surface area (Å²) in [6.45, 7) is 0.0277. The van der Waals surface area contributed by atoms with Gasteiger partial charge in [0, 0.05) is 5.69 Å². The lowest BCUT2D eigenvalue weighted by Gasteiger charge is -2.11. The van der Waals surface area contributed by atoms with Crippen molar-refractivity contribution in [1.82, 2.24) is 0 Å². The molecule has 154 valence electrons. The van der Waals surface area contributed by atoms with Gasteiger partial charge in [-0.1, -0.05) is 48.0 Å². The normalized spacial score (nSPS) is 10.3. The summed E-state index contributed by atoms with van der Waals surface area (Å²) in [6, 6.07) is 22.1. The van der Waals surface area contributed by atoms with E-state index in [-0.39, 0.29) is 25.5 Å². The zero-order valence-corrected chi connectivity index (χ0v) is 16.9. The average Bonchev–Trinajstić information content (AvgIpc) is 2.74. The first-order valence-corrected chi connectivity index (χ1v) is 9.68. The molecule has 0 radical (unpaired) electrons. The van der Waals surface area contributed by atoms with Crippen LogP contribution in [0.4, 0.5) is 5.69 Å². The third-order valence-electron chi connectivity index (χ3n) is 4.15. The van der Waals surface area contributed by atoms with Crippen LogP contribution in [0.5, 0.6) is 11.5 Å². The van der Waals surface area contributed by atoms with Gasteiger partial charge in [0.25, 0.3) is 5.91 Å². The first-order chi connectivity index (χ1) is 14.5. The van der Waals surface area contributed by atoms with Crippen molar-refractivity contribution in [2.24, 2.45) is 5.73 Å². The number of primary amides is 1. The molecule has 3 aromatic rings. The molecule has 2 amide bonds. The minimum absolute atomic E-state index is 0.144. The Hall–Kier alpha value is -3.51. The van der Waals surface area contributed by atoms with Gasteiger partial charge in [-0.25, -0.2) is 0 Å². The summed E-state index contributed by atoms with van der Waals surface area (Å²) in [5.41, 5.74) is 7.67. The number of hydrogen-bond donors (Lipinski definition) is 2. The van der Waals surface area contributed by atoms with Crippen LogP contribution in [-0.4, -0.2) is 25.0 Å². The van der Waals surface area contributed by atoms with Crippen LogP contribution < -0.4 is 20.5 Å². The second kappa shape index (κ2) is 10.3. The van der Waals surface area contributed by atoms with Crippen LogP contribution in [0.25, 0.3) is 11.1 Å².